The molecule has 0 aliphatic carbocycles. The lowest BCUT2D eigenvalue weighted by molar-refractivity contribution is -0.128. The Morgan fingerprint density at radius 2 is 2.05 bits per heavy atom. The number of carbonyl (C=O) groups excluding carboxylic acids is 1. The smallest absolute Gasteiger partial charge is 0.335 e. The molecule has 0 spiro atoms. The Bertz CT molecular complexity index is 668. The second-order valence-electron chi connectivity index (χ2n) is 4.87. The molecule has 0 unspecified atom stereocenters. The summed E-state index contributed by atoms with van der Waals surface area (Å²) in [7, 11) is 0. The minimum Gasteiger partial charge on any atom is -0.422 e. The van der Waals surface area contributed by atoms with E-state index in [9.17, 15) is 4.79 Å². The number of ether oxygens (including phenoxy) is 1. The highest BCUT2D eigenvalue weighted by Gasteiger charge is 2.09. The van der Waals surface area contributed by atoms with E-state index >= 15 is 0 Å². The number of rotatable bonds is 6. The van der Waals surface area contributed by atoms with Crippen molar-refractivity contribution in [1.82, 2.24) is 0 Å². The van der Waals surface area contributed by atoms with E-state index in [1.165, 1.54) is 6.08 Å². The highest BCUT2D eigenvalue weighted by Crippen LogP contribution is 2.30. The number of esters is 1. The van der Waals surface area contributed by atoms with Crippen molar-refractivity contribution in [3.05, 3.63) is 60.7 Å². The van der Waals surface area contributed by atoms with Crippen LogP contribution < -0.4 is 4.74 Å². The van der Waals surface area contributed by atoms with E-state index in [0.717, 1.165) is 35.6 Å². The second-order valence-corrected chi connectivity index (χ2v) is 4.87. The monoisotopic (exact) mass is 280 g/mol. The third-order valence-electron chi connectivity index (χ3n) is 3.31. The molecule has 0 saturated heterocycles. The highest BCUT2D eigenvalue weighted by atomic mass is 16.5. The van der Waals surface area contributed by atoms with Crippen LogP contribution in [0.15, 0.2) is 55.1 Å². The van der Waals surface area contributed by atoms with Crippen LogP contribution >= 0.6 is 0 Å². The molecular weight excluding hydrogens is 260 g/mol. The molecular formula is C19H20O2. The first-order valence-electron chi connectivity index (χ1n) is 7.28. The molecule has 0 radical (unpaired) electrons. The molecule has 0 aliphatic rings. The van der Waals surface area contributed by atoms with Crippen LogP contribution in [0.5, 0.6) is 5.75 Å². The number of hydrogen-bond donors (Lipinski definition) is 0. The summed E-state index contributed by atoms with van der Waals surface area (Å²) in [5.74, 6) is 0.235. The number of allylic oxidation sites excluding steroid dienone is 1. The van der Waals surface area contributed by atoms with Gasteiger partial charge in [0.15, 0.2) is 0 Å². The Kier molecular flexibility index (Phi) is 5.33. The first kappa shape index (κ1) is 15.0. The average molecular weight is 280 g/mol. The standard InChI is InChI=1S/C19H20O2/c1-3-5-6-7-12-18(20)21-19-15(4-2)13-14-16-10-8-9-11-17(16)19/h4,7-14H,2-3,5-6H2,1H3. The summed E-state index contributed by atoms with van der Waals surface area (Å²) in [6.07, 6.45) is 8.17. The van der Waals surface area contributed by atoms with Gasteiger partial charge in [-0.15, -0.1) is 0 Å². The molecule has 21 heavy (non-hydrogen) atoms. The van der Waals surface area contributed by atoms with E-state index in [-0.39, 0.29) is 5.97 Å². The molecule has 108 valence electrons. The van der Waals surface area contributed by atoms with Gasteiger partial charge in [-0.05, 0) is 11.8 Å². The number of carbonyl (C=O) groups is 1. The van der Waals surface area contributed by atoms with Gasteiger partial charge in [0.1, 0.15) is 5.75 Å². The summed E-state index contributed by atoms with van der Waals surface area (Å²) in [5.41, 5.74) is 0.823. The summed E-state index contributed by atoms with van der Waals surface area (Å²) in [5, 5.41) is 1.96. The van der Waals surface area contributed by atoms with E-state index in [4.69, 9.17) is 4.74 Å². The fourth-order valence-corrected chi connectivity index (χ4v) is 2.17. The van der Waals surface area contributed by atoms with Crippen LogP contribution in [0.3, 0.4) is 0 Å². The number of benzene rings is 2. The van der Waals surface area contributed by atoms with Crippen LogP contribution in [0.2, 0.25) is 0 Å². The third-order valence-corrected chi connectivity index (χ3v) is 3.31. The number of hydrogen-bond acceptors (Lipinski definition) is 2. The Hall–Kier alpha value is -2.35. The van der Waals surface area contributed by atoms with Crippen molar-refractivity contribution < 1.29 is 9.53 Å². The van der Waals surface area contributed by atoms with E-state index < -0.39 is 0 Å². The van der Waals surface area contributed by atoms with Gasteiger partial charge >= 0.3 is 5.97 Å². The van der Waals surface area contributed by atoms with E-state index in [0.29, 0.717) is 5.75 Å². The molecule has 0 amide bonds. The van der Waals surface area contributed by atoms with Gasteiger partial charge in [0.25, 0.3) is 0 Å². The predicted octanol–water partition coefficient (Wildman–Crippen LogP) is 5.13. The predicted molar refractivity (Wildman–Crippen MR) is 88.3 cm³/mol. The van der Waals surface area contributed by atoms with Gasteiger partial charge in [-0.2, -0.15) is 0 Å². The zero-order valence-corrected chi connectivity index (χ0v) is 12.3. The Morgan fingerprint density at radius 1 is 1.24 bits per heavy atom. The molecule has 2 heteroatoms. The first-order chi connectivity index (χ1) is 10.3. The van der Waals surface area contributed by atoms with Crippen LogP contribution in [0.25, 0.3) is 16.8 Å². The van der Waals surface area contributed by atoms with E-state index in [1.54, 1.807) is 6.08 Å². The second kappa shape index (κ2) is 7.44. The largest absolute Gasteiger partial charge is 0.422 e. The van der Waals surface area contributed by atoms with Crippen molar-refractivity contribution in [3.63, 3.8) is 0 Å². The van der Waals surface area contributed by atoms with Crippen LogP contribution in [-0.2, 0) is 4.79 Å². The maximum Gasteiger partial charge on any atom is 0.335 e. The van der Waals surface area contributed by atoms with E-state index in [2.05, 4.69) is 13.5 Å². The third kappa shape index (κ3) is 3.82. The quantitative estimate of drug-likeness (QED) is 0.317. The van der Waals surface area contributed by atoms with Gasteiger partial charge in [-0.25, -0.2) is 4.79 Å². The first-order valence-corrected chi connectivity index (χ1v) is 7.28. The zero-order valence-electron chi connectivity index (χ0n) is 12.3. The molecule has 2 rings (SSSR count). The lowest BCUT2D eigenvalue weighted by Gasteiger charge is -2.09. The summed E-state index contributed by atoms with van der Waals surface area (Å²) < 4.78 is 5.53. The molecule has 0 fully saturated rings. The van der Waals surface area contributed by atoms with Crippen molar-refractivity contribution in [2.75, 3.05) is 0 Å². The molecule has 2 aromatic carbocycles. The van der Waals surface area contributed by atoms with Crippen molar-refractivity contribution in [3.8, 4) is 5.75 Å². The van der Waals surface area contributed by atoms with Crippen molar-refractivity contribution in [2.24, 2.45) is 0 Å². The van der Waals surface area contributed by atoms with Crippen molar-refractivity contribution in [2.45, 2.75) is 26.2 Å². The van der Waals surface area contributed by atoms with Gasteiger partial charge in [0, 0.05) is 17.0 Å². The summed E-state index contributed by atoms with van der Waals surface area (Å²) in [6.45, 7) is 5.91. The maximum atomic E-state index is 11.9. The molecule has 0 atom stereocenters. The topological polar surface area (TPSA) is 26.3 Å². The lowest BCUT2D eigenvalue weighted by atomic mass is 10.1. The molecule has 0 aliphatic heterocycles. The van der Waals surface area contributed by atoms with Crippen molar-refractivity contribution in [1.29, 1.82) is 0 Å². The number of fused-ring (bicyclic) bond motifs is 1. The molecule has 2 nitrogen and oxygen atoms in total. The minimum absolute atomic E-state index is 0.342. The summed E-state index contributed by atoms with van der Waals surface area (Å²) in [4.78, 5) is 11.9. The summed E-state index contributed by atoms with van der Waals surface area (Å²) >= 11 is 0. The van der Waals surface area contributed by atoms with Gasteiger partial charge in [-0.1, -0.05) is 74.9 Å². The molecule has 0 N–H and O–H groups in total. The van der Waals surface area contributed by atoms with Gasteiger partial charge in [0.05, 0.1) is 0 Å². The summed E-state index contributed by atoms with van der Waals surface area (Å²) in [6, 6.07) is 11.8. The van der Waals surface area contributed by atoms with Crippen LogP contribution in [0.1, 0.15) is 31.7 Å². The molecule has 0 heterocycles. The van der Waals surface area contributed by atoms with Gasteiger partial charge in [-0.3, -0.25) is 0 Å². The maximum absolute atomic E-state index is 11.9. The van der Waals surface area contributed by atoms with E-state index in [1.807, 2.05) is 42.5 Å². The lowest BCUT2D eigenvalue weighted by Crippen LogP contribution is -2.05. The van der Waals surface area contributed by atoms with Gasteiger partial charge < -0.3 is 4.74 Å². The van der Waals surface area contributed by atoms with Crippen LogP contribution in [0.4, 0.5) is 0 Å². The normalized spacial score (nSPS) is 10.9. The zero-order chi connectivity index (χ0) is 15.1. The molecule has 0 saturated carbocycles. The average Bonchev–Trinajstić information content (AvgIpc) is 2.52. The fraction of sp³-hybridized carbons (Fsp3) is 0.211. The minimum atomic E-state index is -0.342. The number of unbranched alkanes of at least 4 members (excludes halogenated alkanes) is 2. The van der Waals surface area contributed by atoms with Crippen LogP contribution in [0, 0.1) is 0 Å². The molecule has 0 bridgehead atoms. The van der Waals surface area contributed by atoms with Crippen molar-refractivity contribution >= 4 is 22.8 Å². The van der Waals surface area contributed by atoms with Crippen LogP contribution in [-0.4, -0.2) is 5.97 Å². The Morgan fingerprint density at radius 3 is 2.81 bits per heavy atom. The highest BCUT2D eigenvalue weighted by molar-refractivity contribution is 5.95. The molecule has 2 aromatic rings. The Balaban J connectivity index is 2.26. The Labute approximate surface area is 125 Å². The molecule has 0 aromatic heterocycles. The van der Waals surface area contributed by atoms with Gasteiger partial charge in [0.2, 0.25) is 0 Å². The fourth-order valence-electron chi connectivity index (χ4n) is 2.17. The SMILES string of the molecule is C=Cc1ccc2ccccc2c1OC(=O)C=CCCCC.